The number of fused-ring (bicyclic) bond motifs is 1. The number of aryl methyl sites for hydroxylation is 1. The number of hydrogen-bond donors (Lipinski definition) is 1. The SMILES string of the molecule is CCOc1ncccc1CNC(=O)c1nn(C)c2c1C[C@H](C)O[C@@H]2C. The van der Waals surface area contributed by atoms with Crippen LogP contribution >= 0.6 is 0 Å². The van der Waals surface area contributed by atoms with Gasteiger partial charge in [-0.1, -0.05) is 6.07 Å². The van der Waals surface area contributed by atoms with Crippen molar-refractivity contribution < 1.29 is 14.3 Å². The number of ether oxygens (including phenoxy) is 2. The molecule has 0 bridgehead atoms. The maximum atomic E-state index is 12.7. The van der Waals surface area contributed by atoms with E-state index in [0.717, 1.165) is 16.8 Å². The monoisotopic (exact) mass is 344 g/mol. The molecule has 0 radical (unpaired) electrons. The number of hydrogen-bond acceptors (Lipinski definition) is 5. The summed E-state index contributed by atoms with van der Waals surface area (Å²) in [6.07, 6.45) is 2.36. The number of nitrogens with zero attached hydrogens (tertiary/aromatic N) is 3. The summed E-state index contributed by atoms with van der Waals surface area (Å²) in [5.41, 5.74) is 3.26. The Kier molecular flexibility index (Phi) is 5.03. The number of pyridine rings is 1. The molecule has 0 aromatic carbocycles. The topological polar surface area (TPSA) is 78.3 Å². The van der Waals surface area contributed by atoms with Gasteiger partial charge in [0.1, 0.15) is 0 Å². The van der Waals surface area contributed by atoms with E-state index in [-0.39, 0.29) is 18.1 Å². The Bertz CT molecular complexity index is 772. The molecule has 3 heterocycles. The molecule has 0 aliphatic carbocycles. The predicted octanol–water partition coefficient (Wildman–Crippen LogP) is 2.17. The third kappa shape index (κ3) is 3.51. The van der Waals surface area contributed by atoms with Crippen molar-refractivity contribution in [2.45, 2.75) is 45.9 Å². The average Bonchev–Trinajstić information content (AvgIpc) is 2.91. The molecule has 2 atom stereocenters. The van der Waals surface area contributed by atoms with Gasteiger partial charge in [-0.15, -0.1) is 0 Å². The van der Waals surface area contributed by atoms with E-state index < -0.39 is 0 Å². The van der Waals surface area contributed by atoms with Crippen molar-refractivity contribution in [2.75, 3.05) is 6.61 Å². The van der Waals surface area contributed by atoms with Crippen LogP contribution in [0.5, 0.6) is 5.88 Å². The van der Waals surface area contributed by atoms with Gasteiger partial charge in [0.25, 0.3) is 5.91 Å². The normalized spacial score (nSPS) is 19.4. The summed E-state index contributed by atoms with van der Waals surface area (Å²) in [5, 5.41) is 7.36. The lowest BCUT2D eigenvalue weighted by atomic mass is 9.99. The number of carbonyl (C=O) groups excluding carboxylic acids is 1. The second-order valence-electron chi connectivity index (χ2n) is 6.21. The average molecular weight is 344 g/mol. The summed E-state index contributed by atoms with van der Waals surface area (Å²) < 4.78 is 13.1. The molecule has 134 valence electrons. The Morgan fingerprint density at radius 2 is 2.28 bits per heavy atom. The zero-order chi connectivity index (χ0) is 18.0. The van der Waals surface area contributed by atoms with Gasteiger partial charge in [-0.05, 0) is 26.8 Å². The van der Waals surface area contributed by atoms with E-state index in [1.807, 2.05) is 40.0 Å². The number of rotatable bonds is 5. The molecule has 0 saturated carbocycles. The van der Waals surface area contributed by atoms with Crippen molar-refractivity contribution in [3.05, 3.63) is 40.8 Å². The first kappa shape index (κ1) is 17.4. The molecule has 0 saturated heterocycles. The van der Waals surface area contributed by atoms with Crippen molar-refractivity contribution in [3.63, 3.8) is 0 Å². The molecule has 0 unspecified atom stereocenters. The minimum Gasteiger partial charge on any atom is -0.478 e. The molecule has 7 heteroatoms. The molecular weight excluding hydrogens is 320 g/mol. The van der Waals surface area contributed by atoms with Gasteiger partial charge in [0.15, 0.2) is 5.69 Å². The van der Waals surface area contributed by atoms with Crippen LogP contribution in [0, 0.1) is 0 Å². The van der Waals surface area contributed by atoms with Gasteiger partial charge < -0.3 is 14.8 Å². The summed E-state index contributed by atoms with van der Waals surface area (Å²) in [4.78, 5) is 16.9. The first-order valence-corrected chi connectivity index (χ1v) is 8.57. The maximum absolute atomic E-state index is 12.7. The summed E-state index contributed by atoms with van der Waals surface area (Å²) in [6.45, 7) is 6.78. The van der Waals surface area contributed by atoms with Gasteiger partial charge >= 0.3 is 0 Å². The van der Waals surface area contributed by atoms with Crippen LogP contribution in [0.1, 0.15) is 54.2 Å². The lowest BCUT2D eigenvalue weighted by Gasteiger charge is -2.26. The molecule has 25 heavy (non-hydrogen) atoms. The van der Waals surface area contributed by atoms with E-state index in [1.54, 1.807) is 10.9 Å². The van der Waals surface area contributed by atoms with Crippen LogP contribution in [-0.2, 0) is 24.8 Å². The number of nitrogens with one attached hydrogen (secondary N) is 1. The molecule has 1 amide bonds. The third-order valence-electron chi connectivity index (χ3n) is 4.29. The highest BCUT2D eigenvalue weighted by atomic mass is 16.5. The second-order valence-corrected chi connectivity index (χ2v) is 6.21. The van der Waals surface area contributed by atoms with E-state index in [1.165, 1.54) is 0 Å². The molecule has 1 aliphatic heterocycles. The summed E-state index contributed by atoms with van der Waals surface area (Å²) in [5.74, 6) is 0.355. The quantitative estimate of drug-likeness (QED) is 0.899. The van der Waals surface area contributed by atoms with Gasteiger partial charge in [-0.2, -0.15) is 5.10 Å². The molecule has 7 nitrogen and oxygen atoms in total. The number of amides is 1. The van der Waals surface area contributed by atoms with Crippen LogP contribution in [0.4, 0.5) is 0 Å². The van der Waals surface area contributed by atoms with E-state index in [0.29, 0.717) is 31.1 Å². The van der Waals surface area contributed by atoms with Crippen LogP contribution < -0.4 is 10.1 Å². The Hall–Kier alpha value is -2.41. The molecular formula is C18H24N4O3. The van der Waals surface area contributed by atoms with Gasteiger partial charge in [0, 0.05) is 37.3 Å². The minimum absolute atomic E-state index is 0.0688. The highest BCUT2D eigenvalue weighted by molar-refractivity contribution is 5.94. The molecule has 2 aromatic heterocycles. The van der Waals surface area contributed by atoms with Crippen molar-refractivity contribution in [3.8, 4) is 5.88 Å². The fourth-order valence-corrected chi connectivity index (χ4v) is 3.31. The van der Waals surface area contributed by atoms with Crippen LogP contribution in [0.3, 0.4) is 0 Å². The van der Waals surface area contributed by atoms with Gasteiger partial charge in [-0.25, -0.2) is 4.98 Å². The Labute approximate surface area is 147 Å². The van der Waals surface area contributed by atoms with E-state index in [9.17, 15) is 4.79 Å². The lowest BCUT2D eigenvalue weighted by Crippen LogP contribution is -2.27. The van der Waals surface area contributed by atoms with E-state index in [2.05, 4.69) is 15.4 Å². The van der Waals surface area contributed by atoms with Crippen LogP contribution in [0.2, 0.25) is 0 Å². The molecule has 1 aliphatic rings. The van der Waals surface area contributed by atoms with Crippen LogP contribution in [-0.4, -0.2) is 33.4 Å². The first-order valence-electron chi connectivity index (χ1n) is 8.57. The second kappa shape index (κ2) is 7.23. The fourth-order valence-electron chi connectivity index (χ4n) is 3.31. The minimum atomic E-state index is -0.190. The zero-order valence-corrected chi connectivity index (χ0v) is 15.1. The zero-order valence-electron chi connectivity index (χ0n) is 15.1. The van der Waals surface area contributed by atoms with Crippen LogP contribution in [0.15, 0.2) is 18.3 Å². The predicted molar refractivity (Wildman–Crippen MR) is 92.5 cm³/mol. The first-order chi connectivity index (χ1) is 12.0. The molecule has 1 N–H and O–H groups in total. The highest BCUT2D eigenvalue weighted by Crippen LogP contribution is 2.31. The third-order valence-corrected chi connectivity index (χ3v) is 4.29. The van der Waals surface area contributed by atoms with Crippen molar-refractivity contribution in [1.82, 2.24) is 20.1 Å². The summed E-state index contributed by atoms with van der Waals surface area (Å²) in [7, 11) is 1.85. The number of aromatic nitrogens is 3. The molecule has 2 aromatic rings. The van der Waals surface area contributed by atoms with Crippen molar-refractivity contribution >= 4 is 5.91 Å². The van der Waals surface area contributed by atoms with Gasteiger partial charge in [-0.3, -0.25) is 9.48 Å². The van der Waals surface area contributed by atoms with Crippen LogP contribution in [0.25, 0.3) is 0 Å². The van der Waals surface area contributed by atoms with E-state index >= 15 is 0 Å². The standard InChI is InChI=1S/C18H24N4O3/c1-5-24-18-13(7-6-8-19-18)10-20-17(23)15-14-9-11(2)25-12(3)16(14)22(4)21-15/h6-8,11-12H,5,9-10H2,1-4H3,(H,20,23)/t11-,12+/m0/s1. The smallest absolute Gasteiger partial charge is 0.272 e. The van der Waals surface area contributed by atoms with Crippen molar-refractivity contribution in [2.24, 2.45) is 7.05 Å². The Morgan fingerprint density at radius 1 is 1.48 bits per heavy atom. The number of carbonyl (C=O) groups is 1. The Balaban J connectivity index is 1.78. The van der Waals surface area contributed by atoms with Gasteiger partial charge in [0.2, 0.25) is 5.88 Å². The fraction of sp³-hybridized carbons (Fsp3) is 0.500. The largest absolute Gasteiger partial charge is 0.478 e. The molecule has 0 fully saturated rings. The van der Waals surface area contributed by atoms with Crippen molar-refractivity contribution in [1.29, 1.82) is 0 Å². The molecule has 0 spiro atoms. The Morgan fingerprint density at radius 3 is 3.04 bits per heavy atom. The van der Waals surface area contributed by atoms with E-state index in [4.69, 9.17) is 9.47 Å². The summed E-state index contributed by atoms with van der Waals surface area (Å²) in [6, 6.07) is 3.72. The highest BCUT2D eigenvalue weighted by Gasteiger charge is 2.31. The maximum Gasteiger partial charge on any atom is 0.272 e. The summed E-state index contributed by atoms with van der Waals surface area (Å²) >= 11 is 0. The lowest BCUT2D eigenvalue weighted by molar-refractivity contribution is -0.00903. The molecule has 3 rings (SSSR count). The van der Waals surface area contributed by atoms with Gasteiger partial charge in [0.05, 0.1) is 24.5 Å².